The molecule has 0 bridgehead atoms. The quantitative estimate of drug-likeness (QED) is 0.122. The Hall–Kier alpha value is -9.45. The lowest BCUT2D eigenvalue weighted by Crippen LogP contribution is -2.22. The average molecular weight is 941 g/mol. The summed E-state index contributed by atoms with van der Waals surface area (Å²) in [5.41, 5.74) is 19.0. The van der Waals surface area contributed by atoms with E-state index < -0.39 is 0 Å². The molecule has 5 nitrogen and oxygen atoms in total. The van der Waals surface area contributed by atoms with Crippen molar-refractivity contribution in [3.8, 4) is 44.8 Å². The normalized spacial score (nSPS) is 13.2. The lowest BCUT2D eigenvalue weighted by Gasteiger charge is -2.26. The summed E-state index contributed by atoms with van der Waals surface area (Å²) in [5.74, 6) is 0.544. The van der Waals surface area contributed by atoms with Crippen LogP contribution in [0.4, 0.5) is 34.1 Å². The minimum absolute atomic E-state index is 0.121. The van der Waals surface area contributed by atoms with Crippen molar-refractivity contribution in [1.82, 2.24) is 9.13 Å². The molecule has 0 N–H and O–H groups in total. The molecule has 11 aromatic rings. The number of benzene rings is 10. The van der Waals surface area contributed by atoms with E-state index in [4.69, 9.17) is 0 Å². The van der Waals surface area contributed by atoms with Crippen molar-refractivity contribution in [3.63, 3.8) is 0 Å². The van der Waals surface area contributed by atoms with Crippen LogP contribution >= 0.6 is 0 Å². The Bertz CT molecular complexity index is 3780. The molecule has 1 unspecified atom stereocenters. The predicted octanol–water partition coefficient (Wildman–Crippen LogP) is 17.7. The van der Waals surface area contributed by atoms with Crippen LogP contribution in [-0.2, 0) is 0 Å². The van der Waals surface area contributed by atoms with Gasteiger partial charge in [0.2, 0.25) is 0 Å². The topological polar surface area (TPSA) is 33.4 Å². The Morgan fingerprint density at radius 2 is 0.644 bits per heavy atom. The van der Waals surface area contributed by atoms with Gasteiger partial charge in [-0.05, 0) is 166 Å². The fourth-order valence-electron chi connectivity index (χ4n) is 10.2. The van der Waals surface area contributed by atoms with E-state index in [1.807, 2.05) is 69.8 Å². The highest BCUT2D eigenvalue weighted by Crippen LogP contribution is 2.39. The first-order valence-electron chi connectivity index (χ1n) is 25.0. The third-order valence-corrected chi connectivity index (χ3v) is 14.0. The molecule has 0 aliphatic heterocycles. The summed E-state index contributed by atoms with van der Waals surface area (Å²) in [6, 6.07) is 91.1. The number of anilines is 6. The molecule has 12 rings (SSSR count). The molecule has 0 saturated carbocycles. The molecule has 0 fully saturated rings. The van der Waals surface area contributed by atoms with Gasteiger partial charge < -0.3 is 9.80 Å². The van der Waals surface area contributed by atoms with Crippen molar-refractivity contribution in [2.75, 3.05) is 9.80 Å². The van der Waals surface area contributed by atoms with Crippen molar-refractivity contribution in [1.29, 1.82) is 0 Å². The Morgan fingerprint density at radius 1 is 0.342 bits per heavy atom. The lowest BCUT2D eigenvalue weighted by molar-refractivity contribution is 0.749. The minimum atomic E-state index is -0.121. The SMILES string of the molecule is CC1C=CC=C(c2ccc(N(c3ccccc3)c3ccc(-c4ccc(-n5c(=O)n(-c6ccc(-c7ccc(N(c8ccccc8)c8ccc(-c9ccccc9)cc8)cc7)cc6)c6ccccc65)cc4)cc3)cc2)C1. The van der Waals surface area contributed by atoms with E-state index in [-0.39, 0.29) is 5.69 Å². The molecular weight excluding hydrogens is 889 g/mol. The first-order valence-corrected chi connectivity index (χ1v) is 25.0. The molecule has 73 heavy (non-hydrogen) atoms. The highest BCUT2D eigenvalue weighted by Gasteiger charge is 2.19. The van der Waals surface area contributed by atoms with Gasteiger partial charge in [0.05, 0.1) is 22.4 Å². The molecule has 10 aromatic carbocycles. The van der Waals surface area contributed by atoms with Gasteiger partial charge in [0.1, 0.15) is 0 Å². The Labute approximate surface area is 426 Å². The molecule has 0 radical (unpaired) electrons. The standard InChI is InChI=1S/C68H52N4O/c1-49-14-13-17-57(48-49)56-34-42-63(43-35-56)70(59-20-9-4-10-21-59)62-40-28-53(29-41-62)55-32-46-65(47-33-55)72-67-23-12-11-22-66(67)71(68(72)73)64-44-30-54(31-45-64)52-26-38-61(39-27-52)69(58-18-7-3-8-19-58)60-36-24-51(25-37-60)50-15-5-2-6-16-50/h2-47,49H,48H2,1H3. The molecule has 1 aliphatic carbocycles. The second kappa shape index (κ2) is 19.7. The van der Waals surface area contributed by atoms with Gasteiger partial charge >= 0.3 is 5.69 Å². The predicted molar refractivity (Wildman–Crippen MR) is 305 cm³/mol. The van der Waals surface area contributed by atoms with Crippen molar-refractivity contribution < 1.29 is 0 Å². The molecule has 0 amide bonds. The zero-order valence-electron chi connectivity index (χ0n) is 40.5. The maximum absolute atomic E-state index is 14.6. The number of aromatic nitrogens is 2. The zero-order chi connectivity index (χ0) is 49.1. The van der Waals surface area contributed by atoms with Gasteiger partial charge in [-0.3, -0.25) is 9.13 Å². The molecule has 5 heteroatoms. The second-order valence-corrected chi connectivity index (χ2v) is 18.7. The summed E-state index contributed by atoms with van der Waals surface area (Å²) >= 11 is 0. The van der Waals surface area contributed by atoms with E-state index in [2.05, 4.69) is 235 Å². The van der Waals surface area contributed by atoms with Crippen LogP contribution in [0.2, 0.25) is 0 Å². The number of imidazole rings is 1. The molecule has 0 spiro atoms. The number of rotatable bonds is 12. The third-order valence-electron chi connectivity index (χ3n) is 14.0. The molecule has 1 atom stereocenters. The van der Waals surface area contributed by atoms with Gasteiger partial charge in [-0.25, -0.2) is 4.79 Å². The van der Waals surface area contributed by atoms with E-state index in [0.29, 0.717) is 5.92 Å². The largest absolute Gasteiger partial charge is 0.338 e. The third kappa shape index (κ3) is 9.01. The summed E-state index contributed by atoms with van der Waals surface area (Å²) in [7, 11) is 0. The fraction of sp³-hybridized carbons (Fsp3) is 0.0441. The summed E-state index contributed by atoms with van der Waals surface area (Å²) in [4.78, 5) is 19.2. The van der Waals surface area contributed by atoms with Gasteiger partial charge in [0, 0.05) is 34.1 Å². The van der Waals surface area contributed by atoms with Gasteiger partial charge in [0.15, 0.2) is 0 Å². The monoisotopic (exact) mass is 940 g/mol. The fourth-order valence-corrected chi connectivity index (χ4v) is 10.2. The first kappa shape index (κ1) is 44.7. The maximum atomic E-state index is 14.6. The van der Waals surface area contributed by atoms with E-state index in [9.17, 15) is 4.79 Å². The van der Waals surface area contributed by atoms with E-state index in [1.54, 1.807) is 0 Å². The lowest BCUT2D eigenvalue weighted by atomic mass is 9.91. The van der Waals surface area contributed by atoms with E-state index >= 15 is 0 Å². The average Bonchev–Trinajstić information content (AvgIpc) is 3.76. The second-order valence-electron chi connectivity index (χ2n) is 18.7. The van der Waals surface area contributed by atoms with Crippen LogP contribution in [0, 0.1) is 5.92 Å². The van der Waals surface area contributed by atoms with Crippen molar-refractivity contribution in [2.45, 2.75) is 13.3 Å². The number of hydrogen-bond donors (Lipinski definition) is 0. The molecule has 1 aromatic heterocycles. The van der Waals surface area contributed by atoms with E-state index in [0.717, 1.165) is 85.2 Å². The number of nitrogens with zero attached hydrogens (tertiary/aromatic N) is 4. The number of allylic oxidation sites excluding steroid dienone is 4. The molecule has 1 heterocycles. The van der Waals surface area contributed by atoms with Gasteiger partial charge in [0.25, 0.3) is 0 Å². The van der Waals surface area contributed by atoms with Crippen LogP contribution in [0.25, 0.3) is 61.4 Å². The minimum Gasteiger partial charge on any atom is -0.311 e. The number of para-hydroxylation sites is 4. The highest BCUT2D eigenvalue weighted by atomic mass is 16.1. The number of hydrogen-bond acceptors (Lipinski definition) is 3. The summed E-state index contributed by atoms with van der Waals surface area (Å²) < 4.78 is 3.63. The molecule has 350 valence electrons. The Morgan fingerprint density at radius 3 is 1.01 bits per heavy atom. The number of fused-ring (bicyclic) bond motifs is 1. The molecule has 0 saturated heterocycles. The first-order chi connectivity index (χ1) is 36.0. The van der Waals surface area contributed by atoms with Crippen LogP contribution < -0.4 is 15.5 Å². The van der Waals surface area contributed by atoms with Crippen molar-refractivity contribution in [2.24, 2.45) is 5.92 Å². The zero-order valence-corrected chi connectivity index (χ0v) is 40.5. The van der Waals surface area contributed by atoms with Crippen molar-refractivity contribution >= 4 is 50.7 Å². The van der Waals surface area contributed by atoms with Crippen LogP contribution in [0.3, 0.4) is 0 Å². The molecular formula is C68H52N4O. The summed E-state index contributed by atoms with van der Waals surface area (Å²) in [6.07, 6.45) is 7.73. The van der Waals surface area contributed by atoms with Crippen LogP contribution in [0.1, 0.15) is 18.9 Å². The highest BCUT2D eigenvalue weighted by molar-refractivity contribution is 5.84. The smallest absolute Gasteiger partial charge is 0.311 e. The maximum Gasteiger partial charge on any atom is 0.338 e. The molecule has 1 aliphatic rings. The van der Waals surface area contributed by atoms with Gasteiger partial charge in [-0.2, -0.15) is 0 Å². The van der Waals surface area contributed by atoms with Crippen LogP contribution in [-0.4, -0.2) is 9.13 Å². The van der Waals surface area contributed by atoms with Gasteiger partial charge in [-0.15, -0.1) is 0 Å². The van der Waals surface area contributed by atoms with Gasteiger partial charge in [-0.1, -0.05) is 177 Å². The summed E-state index contributed by atoms with van der Waals surface area (Å²) in [6.45, 7) is 2.27. The van der Waals surface area contributed by atoms with Crippen molar-refractivity contribution in [3.05, 3.63) is 295 Å². The summed E-state index contributed by atoms with van der Waals surface area (Å²) in [5, 5.41) is 0. The van der Waals surface area contributed by atoms with Crippen LogP contribution in [0.5, 0.6) is 0 Å². The Kier molecular flexibility index (Phi) is 12.1. The Balaban J connectivity index is 0.790. The van der Waals surface area contributed by atoms with E-state index in [1.165, 1.54) is 22.3 Å². The van der Waals surface area contributed by atoms with Crippen LogP contribution in [0.15, 0.2) is 284 Å².